The topological polar surface area (TPSA) is 55.4 Å². The molecule has 0 unspecified atom stereocenters. The Morgan fingerprint density at radius 2 is 2.00 bits per heavy atom. The zero-order valence-electron chi connectivity index (χ0n) is 12.5. The van der Waals surface area contributed by atoms with Crippen LogP contribution in [0.2, 0.25) is 0 Å². The van der Waals surface area contributed by atoms with E-state index in [1.807, 2.05) is 19.1 Å². The highest BCUT2D eigenvalue weighted by Crippen LogP contribution is 2.23. The number of aryl methyl sites for hydroxylation is 2. The highest BCUT2D eigenvalue weighted by molar-refractivity contribution is 7.89. The van der Waals surface area contributed by atoms with E-state index in [0.717, 1.165) is 24.8 Å². The zero-order valence-corrected chi connectivity index (χ0v) is 13.3. The van der Waals surface area contributed by atoms with Gasteiger partial charge in [0.05, 0.1) is 18.1 Å². The second-order valence-corrected chi connectivity index (χ2v) is 7.31. The molecule has 0 aliphatic heterocycles. The lowest BCUT2D eigenvalue weighted by Crippen LogP contribution is -2.28. The largest absolute Gasteiger partial charge is 0.376 e. The summed E-state index contributed by atoms with van der Waals surface area (Å²) in [6.45, 7) is 6.67. The molecule has 0 spiro atoms. The molecule has 0 saturated carbocycles. The Labute approximate surface area is 127 Å². The summed E-state index contributed by atoms with van der Waals surface area (Å²) in [6.07, 6.45) is 4.36. The molecule has 0 heterocycles. The van der Waals surface area contributed by atoms with E-state index >= 15 is 0 Å². The fourth-order valence-corrected chi connectivity index (χ4v) is 3.52. The maximum atomic E-state index is 12.2. The Hall–Kier alpha value is -1.17. The summed E-state index contributed by atoms with van der Waals surface area (Å²) in [5.41, 5.74) is 3.38. The second kappa shape index (κ2) is 7.20. The smallest absolute Gasteiger partial charge is 0.240 e. The van der Waals surface area contributed by atoms with E-state index in [9.17, 15) is 8.42 Å². The molecular formula is C16H23NO3S. The lowest BCUT2D eigenvalue weighted by atomic mass is 9.92. The molecule has 21 heavy (non-hydrogen) atoms. The van der Waals surface area contributed by atoms with Gasteiger partial charge in [0.25, 0.3) is 0 Å². The fraction of sp³-hybridized carbons (Fsp3) is 0.500. The van der Waals surface area contributed by atoms with Gasteiger partial charge in [-0.25, -0.2) is 13.1 Å². The number of sulfonamides is 1. The molecule has 0 atom stereocenters. The molecule has 4 nitrogen and oxygen atoms in total. The quantitative estimate of drug-likeness (QED) is 0.622. The summed E-state index contributed by atoms with van der Waals surface area (Å²) in [5, 5.41) is 0. The van der Waals surface area contributed by atoms with Gasteiger partial charge < -0.3 is 4.74 Å². The number of ether oxygens (including phenoxy) is 1. The van der Waals surface area contributed by atoms with E-state index in [1.165, 1.54) is 17.5 Å². The van der Waals surface area contributed by atoms with Gasteiger partial charge in [-0.05, 0) is 55.9 Å². The van der Waals surface area contributed by atoms with Crippen LogP contribution in [0.1, 0.15) is 30.9 Å². The summed E-state index contributed by atoms with van der Waals surface area (Å²) >= 11 is 0. The van der Waals surface area contributed by atoms with Crippen LogP contribution in [0.3, 0.4) is 0 Å². The maximum absolute atomic E-state index is 12.2. The molecule has 0 saturated heterocycles. The first-order valence-corrected chi connectivity index (χ1v) is 8.81. The molecular weight excluding hydrogens is 286 g/mol. The van der Waals surface area contributed by atoms with Crippen molar-refractivity contribution >= 4 is 10.0 Å². The van der Waals surface area contributed by atoms with Crippen LogP contribution in [0.25, 0.3) is 0 Å². The predicted molar refractivity (Wildman–Crippen MR) is 83.9 cm³/mol. The van der Waals surface area contributed by atoms with Crippen molar-refractivity contribution in [2.45, 2.75) is 37.5 Å². The second-order valence-electron chi connectivity index (χ2n) is 5.55. The number of nitrogens with one attached hydrogen (secondary N) is 1. The van der Waals surface area contributed by atoms with Gasteiger partial charge in [-0.3, -0.25) is 0 Å². The Kier molecular flexibility index (Phi) is 5.56. The Morgan fingerprint density at radius 3 is 2.71 bits per heavy atom. The normalized spacial score (nSPS) is 14.7. The van der Waals surface area contributed by atoms with Gasteiger partial charge in [-0.15, -0.1) is 0 Å². The highest BCUT2D eigenvalue weighted by Gasteiger charge is 2.17. The van der Waals surface area contributed by atoms with E-state index in [2.05, 4.69) is 11.3 Å². The Bertz CT molecular complexity index is 608. The van der Waals surface area contributed by atoms with Gasteiger partial charge >= 0.3 is 0 Å². The maximum Gasteiger partial charge on any atom is 0.240 e. The first-order chi connectivity index (χ1) is 9.99. The van der Waals surface area contributed by atoms with Crippen LogP contribution < -0.4 is 4.72 Å². The minimum Gasteiger partial charge on any atom is -0.376 e. The molecule has 1 aromatic carbocycles. The average Bonchev–Trinajstić information content (AvgIpc) is 2.46. The van der Waals surface area contributed by atoms with Crippen LogP contribution in [0.5, 0.6) is 0 Å². The van der Waals surface area contributed by atoms with Gasteiger partial charge in [-0.1, -0.05) is 18.2 Å². The van der Waals surface area contributed by atoms with Crippen LogP contribution >= 0.6 is 0 Å². The van der Waals surface area contributed by atoms with Crippen molar-refractivity contribution in [1.29, 1.82) is 0 Å². The van der Waals surface area contributed by atoms with Gasteiger partial charge in [0.15, 0.2) is 0 Å². The third-order valence-corrected chi connectivity index (χ3v) is 4.98. The van der Waals surface area contributed by atoms with Crippen LogP contribution in [-0.4, -0.2) is 28.2 Å². The molecule has 5 heteroatoms. The molecule has 116 valence electrons. The molecule has 0 bridgehead atoms. The summed E-state index contributed by atoms with van der Waals surface area (Å²) in [7, 11) is -3.45. The molecule has 0 aromatic heterocycles. The van der Waals surface area contributed by atoms with Crippen molar-refractivity contribution < 1.29 is 13.2 Å². The third-order valence-electron chi connectivity index (χ3n) is 3.52. The molecule has 0 amide bonds. The molecule has 1 aromatic rings. The van der Waals surface area contributed by atoms with E-state index in [1.54, 1.807) is 6.07 Å². The van der Waals surface area contributed by atoms with Crippen LogP contribution in [-0.2, 0) is 27.6 Å². The molecule has 1 N–H and O–H groups in total. The van der Waals surface area contributed by atoms with Crippen molar-refractivity contribution in [3.05, 3.63) is 41.5 Å². The zero-order chi connectivity index (χ0) is 15.3. The summed E-state index contributed by atoms with van der Waals surface area (Å²) in [4.78, 5) is 0.350. The number of benzene rings is 1. The third kappa shape index (κ3) is 4.66. The lowest BCUT2D eigenvalue weighted by molar-refractivity contribution is 0.162. The van der Waals surface area contributed by atoms with Crippen molar-refractivity contribution in [2.24, 2.45) is 0 Å². The van der Waals surface area contributed by atoms with E-state index < -0.39 is 10.0 Å². The van der Waals surface area contributed by atoms with Gasteiger partial charge in [0.1, 0.15) is 0 Å². The Balaban J connectivity index is 1.94. The first-order valence-electron chi connectivity index (χ1n) is 7.32. The summed E-state index contributed by atoms with van der Waals surface area (Å²) in [6, 6.07) is 5.45. The van der Waals surface area contributed by atoms with Crippen molar-refractivity contribution in [1.82, 2.24) is 4.72 Å². The monoisotopic (exact) mass is 309 g/mol. The van der Waals surface area contributed by atoms with Crippen molar-refractivity contribution in [3.8, 4) is 0 Å². The number of hydrogen-bond donors (Lipinski definition) is 1. The SMILES string of the molecule is C=C(C)COCCNS(=O)(=O)c1ccc2c(c1)CCCC2. The number of rotatable bonds is 7. The average molecular weight is 309 g/mol. The molecule has 0 radical (unpaired) electrons. The highest BCUT2D eigenvalue weighted by atomic mass is 32.2. The minimum atomic E-state index is -3.45. The fourth-order valence-electron chi connectivity index (χ4n) is 2.45. The van der Waals surface area contributed by atoms with Crippen LogP contribution in [0, 0.1) is 0 Å². The predicted octanol–water partition coefficient (Wildman–Crippen LogP) is 2.44. The van der Waals surface area contributed by atoms with Gasteiger partial charge in [0, 0.05) is 6.54 Å². The molecule has 1 aliphatic carbocycles. The lowest BCUT2D eigenvalue weighted by Gasteiger charge is -2.16. The minimum absolute atomic E-state index is 0.271. The molecule has 1 aliphatic rings. The molecule has 0 fully saturated rings. The van der Waals surface area contributed by atoms with Gasteiger partial charge in [-0.2, -0.15) is 0 Å². The van der Waals surface area contributed by atoms with Gasteiger partial charge in [0.2, 0.25) is 10.0 Å². The summed E-state index contributed by atoms with van der Waals surface area (Å²) < 4.78 is 32.3. The standard InChI is InChI=1S/C16H23NO3S/c1-13(2)12-20-10-9-17-21(18,19)16-8-7-14-5-3-4-6-15(14)11-16/h7-8,11,17H,1,3-6,9-10,12H2,2H3. The summed E-state index contributed by atoms with van der Waals surface area (Å²) in [5.74, 6) is 0. The van der Waals surface area contributed by atoms with Crippen molar-refractivity contribution in [2.75, 3.05) is 19.8 Å². The molecule has 2 rings (SSSR count). The Morgan fingerprint density at radius 1 is 1.29 bits per heavy atom. The number of hydrogen-bond acceptors (Lipinski definition) is 3. The van der Waals surface area contributed by atoms with E-state index in [0.29, 0.717) is 18.1 Å². The van der Waals surface area contributed by atoms with Crippen molar-refractivity contribution in [3.63, 3.8) is 0 Å². The first kappa shape index (κ1) is 16.2. The van der Waals surface area contributed by atoms with Crippen LogP contribution in [0.15, 0.2) is 35.2 Å². The van der Waals surface area contributed by atoms with E-state index in [4.69, 9.17) is 4.74 Å². The number of fused-ring (bicyclic) bond motifs is 1. The van der Waals surface area contributed by atoms with E-state index in [-0.39, 0.29) is 6.54 Å². The van der Waals surface area contributed by atoms with Crippen LogP contribution in [0.4, 0.5) is 0 Å².